The summed E-state index contributed by atoms with van der Waals surface area (Å²) in [4.78, 5) is 18.9. The number of nitrogens with zero attached hydrogens (tertiary/aromatic N) is 3. The van der Waals surface area contributed by atoms with E-state index < -0.39 is 24.1 Å². The minimum atomic E-state index is -4.84. The first kappa shape index (κ1) is 19.6. The lowest BCUT2D eigenvalue weighted by atomic mass is 10.00. The number of fused-ring (bicyclic) bond motifs is 1. The smallest absolute Gasteiger partial charge is 0.406 e. The van der Waals surface area contributed by atoms with Gasteiger partial charge in [0.25, 0.3) is 5.91 Å². The quantitative estimate of drug-likeness (QED) is 0.526. The van der Waals surface area contributed by atoms with Crippen LogP contribution in [0.2, 0.25) is 10.0 Å². The van der Waals surface area contributed by atoms with Crippen molar-refractivity contribution in [3.8, 4) is 5.75 Å². The van der Waals surface area contributed by atoms with Crippen LogP contribution in [-0.2, 0) is 4.79 Å². The Bertz CT molecular complexity index is 1090. The van der Waals surface area contributed by atoms with Gasteiger partial charge in [-0.25, -0.2) is 9.88 Å². The van der Waals surface area contributed by atoms with Gasteiger partial charge in [0.15, 0.2) is 0 Å². The van der Waals surface area contributed by atoms with Gasteiger partial charge >= 0.3 is 6.36 Å². The second-order valence-electron chi connectivity index (χ2n) is 6.40. The molecular weight excluding hydrogens is 430 g/mol. The molecule has 0 aliphatic carbocycles. The standard InChI is InChI=1S/C19H12Cl2F3N3O2/c1-10-2-3-14(29-19(22,23)24)9-15(10)16-17(28)27(18-25-4-5-26(16)18)13-7-11(20)6-12(21)8-13/h2-9,16H,1H3/t16-/m0/s1. The van der Waals surface area contributed by atoms with Crippen LogP contribution in [0.4, 0.5) is 24.8 Å². The van der Waals surface area contributed by atoms with Crippen molar-refractivity contribution >= 4 is 40.7 Å². The number of ether oxygens (including phenoxy) is 1. The third-order valence-electron chi connectivity index (χ3n) is 4.47. The highest BCUT2D eigenvalue weighted by molar-refractivity contribution is 6.35. The number of imidazole rings is 1. The van der Waals surface area contributed by atoms with Gasteiger partial charge in [-0.3, -0.25) is 9.36 Å². The molecule has 3 aromatic rings. The van der Waals surface area contributed by atoms with Crippen LogP contribution in [0.5, 0.6) is 5.75 Å². The predicted molar refractivity (Wildman–Crippen MR) is 102 cm³/mol. The fourth-order valence-electron chi connectivity index (χ4n) is 3.32. The van der Waals surface area contributed by atoms with E-state index in [1.807, 2.05) is 0 Å². The first-order valence-corrected chi connectivity index (χ1v) is 9.09. The molecule has 0 radical (unpaired) electrons. The molecule has 2 aromatic carbocycles. The Morgan fingerprint density at radius 3 is 2.45 bits per heavy atom. The summed E-state index contributed by atoms with van der Waals surface area (Å²) in [6.07, 6.45) is -1.75. The number of hydrogen-bond donors (Lipinski definition) is 0. The summed E-state index contributed by atoms with van der Waals surface area (Å²) >= 11 is 12.1. The van der Waals surface area contributed by atoms with E-state index in [0.29, 0.717) is 32.8 Å². The van der Waals surface area contributed by atoms with Crippen molar-refractivity contribution in [1.82, 2.24) is 9.55 Å². The zero-order chi connectivity index (χ0) is 20.9. The number of carbonyl (C=O) groups excluding carboxylic acids is 1. The van der Waals surface area contributed by atoms with E-state index in [9.17, 15) is 18.0 Å². The number of amides is 1. The lowest BCUT2D eigenvalue weighted by molar-refractivity contribution is -0.274. The molecule has 0 bridgehead atoms. The fourth-order valence-corrected chi connectivity index (χ4v) is 3.84. The molecule has 1 aromatic heterocycles. The van der Waals surface area contributed by atoms with Gasteiger partial charge in [0.05, 0.1) is 5.69 Å². The number of aryl methyl sites for hydroxylation is 1. The number of rotatable bonds is 3. The van der Waals surface area contributed by atoms with Crippen molar-refractivity contribution in [1.29, 1.82) is 0 Å². The normalized spacial score (nSPS) is 16.3. The molecule has 150 valence electrons. The molecule has 1 amide bonds. The van der Waals surface area contributed by atoms with E-state index in [0.717, 1.165) is 0 Å². The largest absolute Gasteiger partial charge is 0.573 e. The van der Waals surface area contributed by atoms with Gasteiger partial charge in [-0.2, -0.15) is 0 Å². The zero-order valence-electron chi connectivity index (χ0n) is 14.7. The topological polar surface area (TPSA) is 47.4 Å². The minimum absolute atomic E-state index is 0.305. The molecule has 29 heavy (non-hydrogen) atoms. The van der Waals surface area contributed by atoms with Crippen LogP contribution < -0.4 is 9.64 Å². The monoisotopic (exact) mass is 441 g/mol. The third-order valence-corrected chi connectivity index (χ3v) is 4.90. The minimum Gasteiger partial charge on any atom is -0.406 e. The Morgan fingerprint density at radius 2 is 1.79 bits per heavy atom. The average Bonchev–Trinajstić information content (AvgIpc) is 3.14. The average molecular weight is 442 g/mol. The maximum Gasteiger partial charge on any atom is 0.573 e. The Labute approximate surface area is 173 Å². The highest BCUT2D eigenvalue weighted by Crippen LogP contribution is 2.41. The van der Waals surface area contributed by atoms with Gasteiger partial charge in [0, 0.05) is 22.4 Å². The van der Waals surface area contributed by atoms with Gasteiger partial charge in [-0.1, -0.05) is 29.3 Å². The zero-order valence-corrected chi connectivity index (χ0v) is 16.3. The predicted octanol–water partition coefficient (Wildman–Crippen LogP) is 5.66. The number of halogens is 5. The molecule has 0 spiro atoms. The van der Waals surface area contributed by atoms with E-state index in [-0.39, 0.29) is 0 Å². The maximum absolute atomic E-state index is 13.3. The van der Waals surface area contributed by atoms with Crippen LogP contribution in [0.1, 0.15) is 17.2 Å². The molecule has 2 heterocycles. The summed E-state index contributed by atoms with van der Waals surface area (Å²) in [5, 5.41) is 0.664. The number of benzene rings is 2. The Balaban J connectivity index is 1.81. The lowest BCUT2D eigenvalue weighted by Gasteiger charge is -2.18. The highest BCUT2D eigenvalue weighted by atomic mass is 35.5. The highest BCUT2D eigenvalue weighted by Gasteiger charge is 2.41. The number of aromatic nitrogens is 2. The van der Waals surface area contributed by atoms with Crippen LogP contribution in [-0.4, -0.2) is 21.8 Å². The Kier molecular flexibility index (Phi) is 4.71. The third kappa shape index (κ3) is 3.65. The van der Waals surface area contributed by atoms with Crippen LogP contribution in [0, 0.1) is 6.92 Å². The summed E-state index contributed by atoms with van der Waals surface area (Å²) in [6.45, 7) is 1.70. The van der Waals surface area contributed by atoms with Crippen molar-refractivity contribution in [3.63, 3.8) is 0 Å². The molecule has 1 aliphatic heterocycles. The van der Waals surface area contributed by atoms with Crippen molar-refractivity contribution in [2.24, 2.45) is 0 Å². The van der Waals surface area contributed by atoms with Gasteiger partial charge in [-0.15, -0.1) is 13.2 Å². The Hall–Kier alpha value is -2.71. The molecule has 4 rings (SSSR count). The molecule has 0 unspecified atom stereocenters. The van der Waals surface area contributed by atoms with Gasteiger partial charge in [0.1, 0.15) is 11.8 Å². The lowest BCUT2D eigenvalue weighted by Crippen LogP contribution is -2.26. The SMILES string of the molecule is Cc1ccc(OC(F)(F)F)cc1[C@H]1C(=O)N(c2cc(Cl)cc(Cl)c2)c2nccn21. The van der Waals surface area contributed by atoms with Crippen LogP contribution in [0.15, 0.2) is 48.8 Å². The van der Waals surface area contributed by atoms with Crippen molar-refractivity contribution < 1.29 is 22.7 Å². The summed E-state index contributed by atoms with van der Waals surface area (Å²) in [5.74, 6) is -0.504. The van der Waals surface area contributed by atoms with Crippen LogP contribution >= 0.6 is 23.2 Å². The first-order valence-electron chi connectivity index (χ1n) is 8.33. The van der Waals surface area contributed by atoms with E-state index >= 15 is 0 Å². The maximum atomic E-state index is 13.3. The number of hydrogen-bond acceptors (Lipinski definition) is 3. The molecule has 1 aliphatic rings. The van der Waals surface area contributed by atoms with E-state index in [4.69, 9.17) is 23.2 Å². The van der Waals surface area contributed by atoms with Crippen molar-refractivity contribution in [3.05, 3.63) is 70.0 Å². The summed E-state index contributed by atoms with van der Waals surface area (Å²) in [6, 6.07) is 7.62. The second-order valence-corrected chi connectivity index (χ2v) is 7.28. The molecule has 5 nitrogen and oxygen atoms in total. The molecule has 0 saturated heterocycles. The second kappa shape index (κ2) is 6.96. The van der Waals surface area contributed by atoms with Crippen LogP contribution in [0.3, 0.4) is 0 Å². The van der Waals surface area contributed by atoms with Crippen molar-refractivity contribution in [2.75, 3.05) is 4.90 Å². The van der Waals surface area contributed by atoms with Crippen molar-refractivity contribution in [2.45, 2.75) is 19.3 Å². The van der Waals surface area contributed by atoms with E-state index in [1.165, 1.54) is 35.4 Å². The molecule has 1 atom stereocenters. The number of carbonyl (C=O) groups is 1. The Morgan fingerprint density at radius 1 is 1.10 bits per heavy atom. The number of anilines is 2. The fraction of sp³-hybridized carbons (Fsp3) is 0.158. The number of alkyl halides is 3. The first-order chi connectivity index (χ1) is 13.6. The van der Waals surface area contributed by atoms with E-state index in [1.54, 1.807) is 29.8 Å². The molecule has 0 fully saturated rings. The summed E-state index contributed by atoms with van der Waals surface area (Å²) < 4.78 is 43.5. The van der Waals surface area contributed by atoms with Crippen LogP contribution in [0.25, 0.3) is 0 Å². The molecular formula is C19H12Cl2F3N3O2. The van der Waals surface area contributed by atoms with Gasteiger partial charge in [-0.05, 0) is 48.4 Å². The van der Waals surface area contributed by atoms with Gasteiger partial charge in [0.2, 0.25) is 5.95 Å². The van der Waals surface area contributed by atoms with Gasteiger partial charge < -0.3 is 4.74 Å². The molecule has 0 saturated carbocycles. The molecule has 0 N–H and O–H groups in total. The molecule has 10 heteroatoms. The summed E-state index contributed by atoms with van der Waals surface area (Å²) in [7, 11) is 0. The summed E-state index contributed by atoms with van der Waals surface area (Å²) in [5.41, 5.74) is 1.40. The van der Waals surface area contributed by atoms with E-state index in [2.05, 4.69) is 9.72 Å².